The molecule has 0 amide bonds. The molecule has 2 aliphatic heterocycles. The lowest BCUT2D eigenvalue weighted by atomic mass is 10.1. The zero-order valence-electron chi connectivity index (χ0n) is 11.5. The van der Waals surface area contributed by atoms with Gasteiger partial charge in [0.2, 0.25) is 0 Å². The molecule has 1 atom stereocenters. The average molecular weight is 311 g/mol. The molecular formula is C12H15ClN6O2. The normalized spacial score (nSPS) is 26.6. The number of fused-ring (bicyclic) bond motifs is 2. The second-order valence-corrected chi connectivity index (χ2v) is 5.45. The van der Waals surface area contributed by atoms with E-state index in [4.69, 9.17) is 11.6 Å². The topological polar surface area (TPSA) is 86.4 Å². The second-order valence-electron chi connectivity index (χ2n) is 5.04. The molecular weight excluding hydrogens is 296 g/mol. The first-order valence-electron chi connectivity index (χ1n) is 6.71. The maximum Gasteiger partial charge on any atom is 0.274 e. The van der Waals surface area contributed by atoms with Crippen molar-refractivity contribution < 1.29 is 5.03 Å². The summed E-state index contributed by atoms with van der Waals surface area (Å²) in [6, 6.07) is -0.191. The highest BCUT2D eigenvalue weighted by molar-refractivity contribution is 6.33. The van der Waals surface area contributed by atoms with Crippen LogP contribution in [0.1, 0.15) is 13.3 Å². The second kappa shape index (κ2) is 5.45. The zero-order valence-corrected chi connectivity index (χ0v) is 12.2. The fourth-order valence-electron chi connectivity index (χ4n) is 2.76. The third kappa shape index (κ3) is 2.52. The van der Waals surface area contributed by atoms with Crippen LogP contribution in [-0.4, -0.2) is 52.9 Å². The van der Waals surface area contributed by atoms with Crippen LogP contribution < -0.4 is 5.32 Å². The molecule has 0 aromatic carbocycles. The van der Waals surface area contributed by atoms with E-state index in [-0.39, 0.29) is 12.0 Å². The van der Waals surface area contributed by atoms with Crippen LogP contribution in [0.2, 0.25) is 0 Å². The maximum atomic E-state index is 10.7. The van der Waals surface area contributed by atoms with E-state index in [0.29, 0.717) is 18.4 Å². The van der Waals surface area contributed by atoms with Gasteiger partial charge in [0.05, 0.1) is 24.1 Å². The Morgan fingerprint density at radius 3 is 3.05 bits per heavy atom. The predicted octanol–water partition coefficient (Wildman–Crippen LogP) is 0.910. The van der Waals surface area contributed by atoms with E-state index in [9.17, 15) is 10.1 Å². The van der Waals surface area contributed by atoms with Crippen LogP contribution in [-0.2, 0) is 0 Å². The molecule has 0 saturated carbocycles. The summed E-state index contributed by atoms with van der Waals surface area (Å²) in [5.41, 5.74) is 1.66. The Morgan fingerprint density at radius 1 is 1.67 bits per heavy atom. The lowest BCUT2D eigenvalue weighted by Gasteiger charge is -2.39. The van der Waals surface area contributed by atoms with Gasteiger partial charge in [-0.15, -0.1) is 0 Å². The van der Waals surface area contributed by atoms with Gasteiger partial charge in [0.1, 0.15) is 11.1 Å². The third-order valence-electron chi connectivity index (χ3n) is 3.58. The molecule has 1 N–H and O–H groups in total. The first-order valence-corrected chi connectivity index (χ1v) is 7.09. The largest absolute Gasteiger partial charge is 0.338 e. The fourth-order valence-corrected chi connectivity index (χ4v) is 3.03. The number of aliphatic imine (C=N–C) groups is 1. The van der Waals surface area contributed by atoms with Gasteiger partial charge in [0, 0.05) is 18.3 Å². The SMILES string of the molecule is CCCN1CN/C(=N\[N+](=O)[O-])N(C2C3=CC(Cl)=C2N=C3)C1. The predicted molar refractivity (Wildman–Crippen MR) is 79.4 cm³/mol. The molecule has 0 spiro atoms. The van der Waals surface area contributed by atoms with Crippen molar-refractivity contribution in [1.29, 1.82) is 0 Å². The standard InChI is InChI=1S/C12H15ClN6O2/c1-2-3-17-6-15-12(16-19(20)21)18(7-17)11-8-4-9(13)10(11)14-5-8/h4-5,11H,2-3,6-7H2,1H3,(H,15,16). The minimum atomic E-state index is -0.688. The molecule has 0 aromatic heterocycles. The Balaban J connectivity index is 1.88. The van der Waals surface area contributed by atoms with Crippen molar-refractivity contribution in [1.82, 2.24) is 15.1 Å². The number of nitrogens with one attached hydrogen (secondary N) is 1. The molecule has 112 valence electrons. The highest BCUT2D eigenvalue weighted by atomic mass is 35.5. The molecule has 0 aromatic rings. The molecule has 0 radical (unpaired) electrons. The number of guanidine groups is 1. The highest BCUT2D eigenvalue weighted by Crippen LogP contribution is 2.37. The van der Waals surface area contributed by atoms with Crippen LogP contribution in [0.5, 0.6) is 0 Å². The van der Waals surface area contributed by atoms with Crippen molar-refractivity contribution in [3.05, 3.63) is 32.5 Å². The summed E-state index contributed by atoms with van der Waals surface area (Å²) in [7, 11) is 0. The molecule has 1 unspecified atom stereocenters. The van der Waals surface area contributed by atoms with Gasteiger partial charge in [0.25, 0.3) is 5.96 Å². The number of nitrogens with zero attached hydrogens (tertiary/aromatic N) is 5. The van der Waals surface area contributed by atoms with Crippen molar-refractivity contribution in [2.45, 2.75) is 19.4 Å². The smallest absolute Gasteiger partial charge is 0.274 e. The summed E-state index contributed by atoms with van der Waals surface area (Å²) in [6.45, 7) is 4.08. The van der Waals surface area contributed by atoms with E-state index in [1.54, 1.807) is 6.21 Å². The molecule has 21 heavy (non-hydrogen) atoms. The Kier molecular flexibility index (Phi) is 3.64. The Labute approximate surface area is 126 Å². The lowest BCUT2D eigenvalue weighted by molar-refractivity contribution is -0.486. The first kappa shape index (κ1) is 14.0. The van der Waals surface area contributed by atoms with Crippen molar-refractivity contribution in [2.24, 2.45) is 10.1 Å². The molecule has 1 aliphatic carbocycles. The van der Waals surface area contributed by atoms with Gasteiger partial charge >= 0.3 is 0 Å². The molecule has 1 saturated heterocycles. The average Bonchev–Trinajstić information content (AvgIpc) is 2.96. The third-order valence-corrected chi connectivity index (χ3v) is 3.88. The molecule has 8 nitrogen and oxygen atoms in total. The zero-order chi connectivity index (χ0) is 15.0. The number of hydrogen-bond acceptors (Lipinski definition) is 4. The number of allylic oxidation sites excluding steroid dienone is 2. The Morgan fingerprint density at radius 2 is 2.48 bits per heavy atom. The van der Waals surface area contributed by atoms with Crippen molar-refractivity contribution in [3.8, 4) is 0 Å². The monoisotopic (exact) mass is 310 g/mol. The van der Waals surface area contributed by atoms with E-state index in [1.165, 1.54) is 0 Å². The molecule has 9 heteroatoms. The number of nitro groups is 1. The van der Waals surface area contributed by atoms with Crippen LogP contribution in [0.3, 0.4) is 0 Å². The van der Waals surface area contributed by atoms with Gasteiger partial charge < -0.3 is 10.2 Å². The lowest BCUT2D eigenvalue weighted by Crippen LogP contribution is -2.60. The van der Waals surface area contributed by atoms with E-state index in [2.05, 4.69) is 27.2 Å². The number of rotatable bonds is 4. The summed E-state index contributed by atoms with van der Waals surface area (Å²) >= 11 is 6.13. The quantitative estimate of drug-likeness (QED) is 0.616. The Bertz CT molecular complexity index is 597. The van der Waals surface area contributed by atoms with E-state index < -0.39 is 5.03 Å². The van der Waals surface area contributed by atoms with E-state index >= 15 is 0 Å². The number of hydrogen-bond donors (Lipinski definition) is 1. The maximum absolute atomic E-state index is 10.7. The minimum Gasteiger partial charge on any atom is -0.338 e. The summed E-state index contributed by atoms with van der Waals surface area (Å²) in [5.74, 6) is 0.248. The molecule has 2 heterocycles. The summed E-state index contributed by atoms with van der Waals surface area (Å²) in [5, 5.41) is 17.1. The first-order chi connectivity index (χ1) is 10.1. The summed E-state index contributed by atoms with van der Waals surface area (Å²) in [4.78, 5) is 19.0. The minimum absolute atomic E-state index is 0.191. The summed E-state index contributed by atoms with van der Waals surface area (Å²) in [6.07, 6.45) is 4.59. The van der Waals surface area contributed by atoms with Gasteiger partial charge in [-0.3, -0.25) is 9.89 Å². The van der Waals surface area contributed by atoms with Crippen molar-refractivity contribution in [2.75, 3.05) is 19.9 Å². The highest BCUT2D eigenvalue weighted by Gasteiger charge is 2.40. The molecule has 3 aliphatic rings. The van der Waals surface area contributed by atoms with Crippen LogP contribution >= 0.6 is 11.6 Å². The van der Waals surface area contributed by atoms with Gasteiger partial charge in [-0.1, -0.05) is 18.5 Å². The van der Waals surface area contributed by atoms with Crippen LogP contribution in [0.4, 0.5) is 0 Å². The van der Waals surface area contributed by atoms with E-state index in [1.807, 2.05) is 11.0 Å². The van der Waals surface area contributed by atoms with Gasteiger partial charge in [-0.2, -0.15) is 0 Å². The summed E-state index contributed by atoms with van der Waals surface area (Å²) < 4.78 is 0. The molecule has 1 fully saturated rings. The van der Waals surface area contributed by atoms with E-state index in [0.717, 1.165) is 24.2 Å². The van der Waals surface area contributed by atoms with Gasteiger partial charge in [-0.05, 0) is 12.5 Å². The fraction of sp³-hybridized carbons (Fsp3) is 0.500. The van der Waals surface area contributed by atoms with Crippen LogP contribution in [0, 0.1) is 10.1 Å². The van der Waals surface area contributed by atoms with Gasteiger partial charge in [0.15, 0.2) is 5.03 Å². The number of halogens is 1. The molecule has 3 rings (SSSR count). The number of hydrazone groups is 1. The Hall–Kier alpha value is -1.93. The van der Waals surface area contributed by atoms with Crippen molar-refractivity contribution >= 4 is 23.8 Å². The van der Waals surface area contributed by atoms with Crippen LogP contribution in [0.25, 0.3) is 0 Å². The van der Waals surface area contributed by atoms with Crippen LogP contribution in [0.15, 0.2) is 32.5 Å². The van der Waals surface area contributed by atoms with Gasteiger partial charge in [-0.25, -0.2) is 10.1 Å². The van der Waals surface area contributed by atoms with Crippen molar-refractivity contribution in [3.63, 3.8) is 0 Å². The molecule has 2 bridgehead atoms.